The highest BCUT2D eigenvalue weighted by molar-refractivity contribution is 5.42. The van der Waals surface area contributed by atoms with E-state index in [-0.39, 0.29) is 17.8 Å². The minimum Gasteiger partial charge on any atom is -0.493 e. The van der Waals surface area contributed by atoms with Crippen molar-refractivity contribution in [3.8, 4) is 5.75 Å². The van der Waals surface area contributed by atoms with E-state index in [1.165, 1.54) is 5.56 Å². The number of fused-ring (bicyclic) bond motifs is 1. The highest BCUT2D eigenvalue weighted by Gasteiger charge is 2.31. The molecule has 2 nitrogen and oxygen atoms in total. The van der Waals surface area contributed by atoms with Crippen LogP contribution in [0.2, 0.25) is 0 Å². The lowest BCUT2D eigenvalue weighted by molar-refractivity contribution is 0.304. The number of hydrogen-bond donors (Lipinski definition) is 1. The average molecular weight is 271 g/mol. The lowest BCUT2D eigenvalue weighted by atomic mass is 9.88. The first-order valence-electron chi connectivity index (χ1n) is 6.85. The van der Waals surface area contributed by atoms with Crippen LogP contribution in [0.5, 0.6) is 5.75 Å². The summed E-state index contributed by atoms with van der Waals surface area (Å²) in [5.74, 6) is 0.954. The van der Waals surface area contributed by atoms with Crippen molar-refractivity contribution < 1.29 is 9.13 Å². The van der Waals surface area contributed by atoms with Gasteiger partial charge in [-0.2, -0.15) is 0 Å². The topological polar surface area (TPSA) is 21.3 Å². The van der Waals surface area contributed by atoms with E-state index in [0.29, 0.717) is 6.61 Å². The molecule has 0 saturated carbocycles. The van der Waals surface area contributed by atoms with E-state index in [0.717, 1.165) is 16.9 Å². The molecule has 3 rings (SSSR count). The summed E-state index contributed by atoms with van der Waals surface area (Å²) in [6, 6.07) is 13.3. The number of halogens is 1. The molecule has 0 spiro atoms. The zero-order chi connectivity index (χ0) is 14.1. The summed E-state index contributed by atoms with van der Waals surface area (Å²) in [5.41, 5.74) is 3.09. The standard InChI is InChI=1S/C17H18FNO/c1-11-7-12(9-13(18)8-11)17(19-2)15-10-20-16-6-4-3-5-14(15)16/h3-9,15,17,19H,10H2,1-2H3. The number of nitrogens with one attached hydrogen (secondary N) is 1. The Hall–Kier alpha value is -1.87. The van der Waals surface area contributed by atoms with Crippen LogP contribution < -0.4 is 10.1 Å². The summed E-state index contributed by atoms with van der Waals surface area (Å²) < 4.78 is 19.4. The number of rotatable bonds is 3. The Morgan fingerprint density at radius 3 is 2.80 bits per heavy atom. The van der Waals surface area contributed by atoms with Crippen molar-refractivity contribution in [1.82, 2.24) is 5.32 Å². The van der Waals surface area contributed by atoms with Crippen LogP contribution in [0.15, 0.2) is 42.5 Å². The van der Waals surface area contributed by atoms with Gasteiger partial charge < -0.3 is 10.1 Å². The first-order chi connectivity index (χ1) is 9.69. The van der Waals surface area contributed by atoms with Crippen molar-refractivity contribution in [3.63, 3.8) is 0 Å². The monoisotopic (exact) mass is 271 g/mol. The van der Waals surface area contributed by atoms with Crippen LogP contribution in [-0.4, -0.2) is 13.7 Å². The normalized spacial score (nSPS) is 18.4. The molecule has 2 atom stereocenters. The third-order valence-corrected chi connectivity index (χ3v) is 3.87. The van der Waals surface area contributed by atoms with Gasteiger partial charge in [0.1, 0.15) is 11.6 Å². The molecule has 0 bridgehead atoms. The van der Waals surface area contributed by atoms with Gasteiger partial charge in [-0.25, -0.2) is 4.39 Å². The summed E-state index contributed by atoms with van der Waals surface area (Å²) in [7, 11) is 1.91. The zero-order valence-electron chi connectivity index (χ0n) is 11.7. The van der Waals surface area contributed by atoms with E-state index >= 15 is 0 Å². The maximum absolute atomic E-state index is 13.6. The molecular formula is C17H18FNO. The van der Waals surface area contributed by atoms with Crippen molar-refractivity contribution in [2.75, 3.05) is 13.7 Å². The fourth-order valence-corrected chi connectivity index (χ4v) is 3.01. The molecule has 1 heterocycles. The van der Waals surface area contributed by atoms with Gasteiger partial charge in [-0.15, -0.1) is 0 Å². The fraction of sp³-hybridized carbons (Fsp3) is 0.294. The molecule has 2 aromatic carbocycles. The molecular weight excluding hydrogens is 253 g/mol. The lowest BCUT2D eigenvalue weighted by Crippen LogP contribution is -2.25. The maximum atomic E-state index is 13.6. The zero-order valence-corrected chi connectivity index (χ0v) is 11.7. The van der Waals surface area contributed by atoms with Gasteiger partial charge in [0.15, 0.2) is 0 Å². The Morgan fingerprint density at radius 2 is 2.05 bits per heavy atom. The molecule has 0 radical (unpaired) electrons. The van der Waals surface area contributed by atoms with Gasteiger partial charge in [0, 0.05) is 17.5 Å². The first-order valence-corrected chi connectivity index (χ1v) is 6.85. The van der Waals surface area contributed by atoms with Gasteiger partial charge in [-0.1, -0.05) is 24.3 Å². The molecule has 3 heteroatoms. The van der Waals surface area contributed by atoms with E-state index in [1.54, 1.807) is 12.1 Å². The molecule has 2 aromatic rings. The number of benzene rings is 2. The van der Waals surface area contributed by atoms with E-state index in [1.807, 2.05) is 38.2 Å². The van der Waals surface area contributed by atoms with Crippen molar-refractivity contribution >= 4 is 0 Å². The summed E-state index contributed by atoms with van der Waals surface area (Å²) in [5, 5.41) is 3.31. The van der Waals surface area contributed by atoms with Gasteiger partial charge in [-0.05, 0) is 43.3 Å². The Labute approximate surface area is 118 Å². The van der Waals surface area contributed by atoms with Gasteiger partial charge in [0.25, 0.3) is 0 Å². The third kappa shape index (κ3) is 2.29. The van der Waals surface area contributed by atoms with Gasteiger partial charge >= 0.3 is 0 Å². The Balaban J connectivity index is 1.99. The van der Waals surface area contributed by atoms with Gasteiger partial charge in [0.05, 0.1) is 6.61 Å². The van der Waals surface area contributed by atoms with Crippen LogP contribution in [0.25, 0.3) is 0 Å². The summed E-state index contributed by atoms with van der Waals surface area (Å²) in [6.07, 6.45) is 0. The minimum atomic E-state index is -0.188. The van der Waals surface area contributed by atoms with E-state index in [2.05, 4.69) is 11.4 Å². The second-order valence-electron chi connectivity index (χ2n) is 5.28. The molecule has 20 heavy (non-hydrogen) atoms. The molecule has 0 aromatic heterocycles. The number of ether oxygens (including phenoxy) is 1. The van der Waals surface area contributed by atoms with Crippen LogP contribution in [0.4, 0.5) is 4.39 Å². The van der Waals surface area contributed by atoms with Crippen molar-refractivity contribution in [3.05, 3.63) is 65.0 Å². The maximum Gasteiger partial charge on any atom is 0.123 e. The van der Waals surface area contributed by atoms with Crippen LogP contribution in [-0.2, 0) is 0 Å². The summed E-state index contributed by atoms with van der Waals surface area (Å²) in [4.78, 5) is 0. The highest BCUT2D eigenvalue weighted by Crippen LogP contribution is 2.41. The van der Waals surface area contributed by atoms with Gasteiger partial charge in [0.2, 0.25) is 0 Å². The number of hydrogen-bond acceptors (Lipinski definition) is 2. The molecule has 104 valence electrons. The summed E-state index contributed by atoms with van der Waals surface area (Å²) in [6.45, 7) is 2.54. The minimum absolute atomic E-state index is 0.0491. The number of para-hydroxylation sites is 1. The quantitative estimate of drug-likeness (QED) is 0.921. The number of likely N-dealkylation sites (N-methyl/N-ethyl adjacent to an activating group) is 1. The molecule has 1 aliphatic heterocycles. The second kappa shape index (κ2) is 5.25. The third-order valence-electron chi connectivity index (χ3n) is 3.87. The largest absolute Gasteiger partial charge is 0.493 e. The van der Waals surface area contributed by atoms with Crippen molar-refractivity contribution in [1.29, 1.82) is 0 Å². The van der Waals surface area contributed by atoms with Crippen LogP contribution in [0, 0.1) is 12.7 Å². The first kappa shape index (κ1) is 13.1. The smallest absolute Gasteiger partial charge is 0.123 e. The van der Waals surface area contributed by atoms with Crippen LogP contribution >= 0.6 is 0 Å². The molecule has 1 N–H and O–H groups in total. The number of aryl methyl sites for hydroxylation is 1. The van der Waals surface area contributed by atoms with Crippen LogP contribution in [0.3, 0.4) is 0 Å². The fourth-order valence-electron chi connectivity index (χ4n) is 3.01. The molecule has 1 aliphatic rings. The van der Waals surface area contributed by atoms with E-state index in [4.69, 9.17) is 4.74 Å². The van der Waals surface area contributed by atoms with Crippen molar-refractivity contribution in [2.24, 2.45) is 0 Å². The summed E-state index contributed by atoms with van der Waals surface area (Å²) >= 11 is 0. The Bertz CT molecular complexity index is 606. The predicted molar refractivity (Wildman–Crippen MR) is 77.6 cm³/mol. The molecule has 0 amide bonds. The van der Waals surface area contributed by atoms with Crippen LogP contribution in [0.1, 0.15) is 28.7 Å². The molecule has 0 fully saturated rings. The Kier molecular flexibility index (Phi) is 3.45. The molecule has 0 saturated heterocycles. The highest BCUT2D eigenvalue weighted by atomic mass is 19.1. The molecule has 0 aliphatic carbocycles. The van der Waals surface area contributed by atoms with Gasteiger partial charge in [-0.3, -0.25) is 0 Å². The van der Waals surface area contributed by atoms with Crippen molar-refractivity contribution in [2.45, 2.75) is 18.9 Å². The van der Waals surface area contributed by atoms with E-state index in [9.17, 15) is 4.39 Å². The SMILES string of the molecule is CNC(c1cc(C)cc(F)c1)C1COc2ccccc21. The lowest BCUT2D eigenvalue weighted by Gasteiger charge is -2.23. The second-order valence-corrected chi connectivity index (χ2v) is 5.28. The average Bonchev–Trinajstić information content (AvgIpc) is 2.83. The van der Waals surface area contributed by atoms with E-state index < -0.39 is 0 Å². The molecule has 2 unspecified atom stereocenters. The Morgan fingerprint density at radius 1 is 1.25 bits per heavy atom. The predicted octanol–water partition coefficient (Wildman–Crippen LogP) is 3.57.